The third kappa shape index (κ3) is 5.93. The van der Waals surface area contributed by atoms with E-state index in [1.807, 2.05) is 0 Å². The number of carbonyl (C=O) groups is 2. The van der Waals surface area contributed by atoms with Crippen molar-refractivity contribution in [3.63, 3.8) is 0 Å². The average molecular weight is 562 g/mol. The number of aliphatic carboxylic acids is 1. The minimum absolute atomic E-state index is 0.0193. The molecule has 0 radical (unpaired) electrons. The van der Waals surface area contributed by atoms with Gasteiger partial charge in [0.2, 0.25) is 0 Å². The third-order valence-electron chi connectivity index (χ3n) is 5.52. The molecule has 37 heavy (non-hydrogen) atoms. The second-order valence-electron chi connectivity index (χ2n) is 8.39. The molecule has 0 aliphatic rings. The number of sulfone groups is 1. The number of nitrogens with zero attached hydrogens (tertiary/aromatic N) is 3. The van der Waals surface area contributed by atoms with E-state index >= 15 is 0 Å². The molecule has 0 spiro atoms. The highest BCUT2D eigenvalue weighted by Crippen LogP contribution is 2.31. The molecule has 1 N–H and O–H groups in total. The van der Waals surface area contributed by atoms with Gasteiger partial charge in [0, 0.05) is 40.0 Å². The number of rotatable bonds is 9. The van der Waals surface area contributed by atoms with Gasteiger partial charge in [0.05, 0.1) is 17.9 Å². The topological polar surface area (TPSA) is 128 Å². The number of aromatic nitrogens is 3. The van der Waals surface area contributed by atoms with Gasteiger partial charge in [-0.15, -0.1) is 0 Å². The zero-order valence-corrected chi connectivity index (χ0v) is 22.0. The number of carbonyl (C=O) groups excluding carboxylic acids is 1. The lowest BCUT2D eigenvalue weighted by Gasteiger charge is -2.15. The number of carboxylic acids is 1. The summed E-state index contributed by atoms with van der Waals surface area (Å²) in [5.41, 5.74) is 1.65. The molecule has 0 bridgehead atoms. The summed E-state index contributed by atoms with van der Waals surface area (Å²) in [5, 5.41) is 9.94. The Morgan fingerprint density at radius 3 is 2.41 bits per heavy atom. The summed E-state index contributed by atoms with van der Waals surface area (Å²) < 4.78 is 32.0. The highest BCUT2D eigenvalue weighted by Gasteiger charge is 2.28. The molecule has 0 unspecified atom stereocenters. The van der Waals surface area contributed by atoms with E-state index in [-0.39, 0.29) is 29.1 Å². The fourth-order valence-electron chi connectivity index (χ4n) is 3.83. The molecule has 2 aromatic carbocycles. The van der Waals surface area contributed by atoms with Crippen LogP contribution in [0.25, 0.3) is 11.2 Å². The molecule has 0 aliphatic heterocycles. The van der Waals surface area contributed by atoms with E-state index in [2.05, 4.69) is 9.97 Å². The first-order valence-electron chi connectivity index (χ1n) is 10.9. The summed E-state index contributed by atoms with van der Waals surface area (Å²) in [6, 6.07) is 10.9. The Hall–Kier alpha value is -3.47. The summed E-state index contributed by atoms with van der Waals surface area (Å²) in [6.07, 6.45) is 2.83. The van der Waals surface area contributed by atoms with E-state index in [1.54, 1.807) is 41.0 Å². The molecular formula is C25H21Cl2N3O6S. The van der Waals surface area contributed by atoms with E-state index < -0.39 is 33.4 Å². The highest BCUT2D eigenvalue weighted by molar-refractivity contribution is 7.89. The van der Waals surface area contributed by atoms with Gasteiger partial charge in [-0.2, -0.15) is 0 Å². The first-order chi connectivity index (χ1) is 17.4. The number of halogens is 2. The SMILES string of the molecule is C[C@H](Oc1ccc(Cl)c(Cn2c(CS(C)(=O)=O)c(C(=O)c3ccc(Cl)cc3)c3nccnc32)c1)C(=O)O. The molecule has 0 saturated heterocycles. The van der Waals surface area contributed by atoms with Crippen molar-refractivity contribution in [3.05, 3.63) is 87.3 Å². The zero-order valence-electron chi connectivity index (χ0n) is 19.7. The molecule has 2 heterocycles. The van der Waals surface area contributed by atoms with Gasteiger partial charge < -0.3 is 14.4 Å². The van der Waals surface area contributed by atoms with Gasteiger partial charge in [0.1, 0.15) is 11.3 Å². The fourth-order valence-corrected chi connectivity index (χ4v) is 4.93. The maximum atomic E-state index is 13.6. The molecular weight excluding hydrogens is 541 g/mol. The summed E-state index contributed by atoms with van der Waals surface area (Å²) >= 11 is 12.4. The Morgan fingerprint density at radius 1 is 1.08 bits per heavy atom. The van der Waals surface area contributed by atoms with E-state index in [0.29, 0.717) is 26.8 Å². The number of benzene rings is 2. The first kappa shape index (κ1) is 26.6. The summed E-state index contributed by atoms with van der Waals surface area (Å²) in [5.74, 6) is -1.76. The van der Waals surface area contributed by atoms with Crippen LogP contribution in [-0.2, 0) is 26.9 Å². The van der Waals surface area contributed by atoms with Crippen molar-refractivity contribution in [1.82, 2.24) is 14.5 Å². The van der Waals surface area contributed by atoms with Crippen LogP contribution in [0, 0.1) is 0 Å². The lowest BCUT2D eigenvalue weighted by Crippen LogP contribution is -2.23. The monoisotopic (exact) mass is 561 g/mol. The molecule has 0 aliphatic carbocycles. The largest absolute Gasteiger partial charge is 0.479 e. The molecule has 2 aromatic heterocycles. The van der Waals surface area contributed by atoms with Gasteiger partial charge in [0.25, 0.3) is 0 Å². The first-order valence-corrected chi connectivity index (χ1v) is 13.7. The van der Waals surface area contributed by atoms with Crippen LogP contribution in [0.3, 0.4) is 0 Å². The average Bonchev–Trinajstić information content (AvgIpc) is 3.12. The Kier molecular flexibility index (Phi) is 7.54. The van der Waals surface area contributed by atoms with Crippen molar-refractivity contribution in [2.24, 2.45) is 0 Å². The van der Waals surface area contributed by atoms with E-state index in [9.17, 15) is 18.0 Å². The molecule has 12 heteroatoms. The number of ketones is 1. The van der Waals surface area contributed by atoms with Crippen LogP contribution in [0.5, 0.6) is 5.75 Å². The van der Waals surface area contributed by atoms with Crippen LogP contribution >= 0.6 is 23.2 Å². The molecule has 0 saturated carbocycles. The Labute approximate surface area is 222 Å². The van der Waals surface area contributed by atoms with Crippen molar-refractivity contribution < 1.29 is 27.9 Å². The van der Waals surface area contributed by atoms with Crippen LogP contribution in [0.4, 0.5) is 0 Å². The number of fused-ring (bicyclic) bond motifs is 1. The van der Waals surface area contributed by atoms with Crippen molar-refractivity contribution in [1.29, 1.82) is 0 Å². The predicted molar refractivity (Wildman–Crippen MR) is 139 cm³/mol. The molecule has 9 nitrogen and oxygen atoms in total. The van der Waals surface area contributed by atoms with E-state index in [1.165, 1.54) is 25.4 Å². The quantitative estimate of drug-likeness (QED) is 0.297. The maximum Gasteiger partial charge on any atom is 0.344 e. The molecule has 192 valence electrons. The number of hydrogen-bond donors (Lipinski definition) is 1. The fraction of sp³-hybridized carbons (Fsp3) is 0.200. The van der Waals surface area contributed by atoms with Gasteiger partial charge in [-0.1, -0.05) is 23.2 Å². The number of carboxylic acid groups (broad SMARTS) is 1. The van der Waals surface area contributed by atoms with E-state index in [0.717, 1.165) is 6.26 Å². The van der Waals surface area contributed by atoms with Gasteiger partial charge in [0.15, 0.2) is 27.4 Å². The van der Waals surface area contributed by atoms with Gasteiger partial charge in [-0.05, 0) is 55.0 Å². The minimum Gasteiger partial charge on any atom is -0.479 e. The zero-order chi connectivity index (χ0) is 26.9. The van der Waals surface area contributed by atoms with E-state index in [4.69, 9.17) is 33.0 Å². The summed E-state index contributed by atoms with van der Waals surface area (Å²) in [4.78, 5) is 33.6. The lowest BCUT2D eigenvalue weighted by atomic mass is 10.0. The van der Waals surface area contributed by atoms with Crippen molar-refractivity contribution >= 4 is 56.0 Å². The predicted octanol–water partition coefficient (Wildman–Crippen LogP) is 4.41. The second-order valence-corrected chi connectivity index (χ2v) is 11.4. The van der Waals surface area contributed by atoms with Crippen LogP contribution in [0.2, 0.25) is 10.0 Å². The van der Waals surface area contributed by atoms with Gasteiger partial charge in [-0.3, -0.25) is 9.78 Å². The Morgan fingerprint density at radius 2 is 1.76 bits per heavy atom. The second kappa shape index (κ2) is 10.5. The van der Waals surface area contributed by atoms with Crippen LogP contribution in [-0.4, -0.2) is 52.2 Å². The molecule has 0 amide bonds. The normalized spacial score (nSPS) is 12.4. The van der Waals surface area contributed by atoms with Gasteiger partial charge in [-0.25, -0.2) is 18.2 Å². The number of hydrogen-bond acceptors (Lipinski definition) is 7. The van der Waals surface area contributed by atoms with Crippen LogP contribution < -0.4 is 4.74 Å². The molecule has 0 fully saturated rings. The standard InChI is InChI=1S/C25H21Cl2N3O6S/c1-14(25(32)33)36-18-7-8-19(27)16(11-18)12-30-20(13-37(2,34)35)21(22-24(30)29-10-9-28-22)23(31)15-3-5-17(26)6-4-15/h3-11,14H,12-13H2,1-2H3,(H,32,33)/t14-/m0/s1. The maximum absolute atomic E-state index is 13.6. The molecule has 4 aromatic rings. The van der Waals surface area contributed by atoms with Crippen molar-refractivity contribution in [2.45, 2.75) is 25.3 Å². The Bertz CT molecular complexity index is 1620. The van der Waals surface area contributed by atoms with Crippen LogP contribution in [0.15, 0.2) is 54.9 Å². The third-order valence-corrected chi connectivity index (χ3v) is 6.94. The number of ether oxygens (including phenoxy) is 1. The smallest absolute Gasteiger partial charge is 0.344 e. The summed E-state index contributed by atoms with van der Waals surface area (Å²) in [6.45, 7) is 1.41. The summed E-state index contributed by atoms with van der Waals surface area (Å²) in [7, 11) is -3.60. The molecule has 1 atom stereocenters. The van der Waals surface area contributed by atoms with Crippen molar-refractivity contribution in [2.75, 3.05) is 6.26 Å². The van der Waals surface area contributed by atoms with Gasteiger partial charge >= 0.3 is 5.97 Å². The van der Waals surface area contributed by atoms with Crippen LogP contribution in [0.1, 0.15) is 34.1 Å². The highest BCUT2D eigenvalue weighted by atomic mass is 35.5. The Balaban J connectivity index is 1.90. The minimum atomic E-state index is -3.60. The van der Waals surface area contributed by atoms with Crippen molar-refractivity contribution in [3.8, 4) is 5.75 Å². The molecule has 4 rings (SSSR count). The lowest BCUT2D eigenvalue weighted by molar-refractivity contribution is -0.144.